The fraction of sp³-hybridized carbons (Fsp3) is 0.867. The fourth-order valence-electron chi connectivity index (χ4n) is 4.10. The van der Waals surface area contributed by atoms with Gasteiger partial charge in [0, 0.05) is 25.0 Å². The summed E-state index contributed by atoms with van der Waals surface area (Å²) in [5.74, 6) is 0.279. The van der Waals surface area contributed by atoms with E-state index in [2.05, 4.69) is 5.32 Å². The minimum atomic E-state index is -0.307. The van der Waals surface area contributed by atoms with Gasteiger partial charge in [-0.1, -0.05) is 19.3 Å². The van der Waals surface area contributed by atoms with Crippen LogP contribution in [0.25, 0.3) is 0 Å². The molecule has 0 radical (unpaired) electrons. The first kappa shape index (κ1) is 13.9. The van der Waals surface area contributed by atoms with Crippen LogP contribution >= 0.6 is 0 Å². The van der Waals surface area contributed by atoms with Crippen LogP contribution in [0.2, 0.25) is 0 Å². The van der Waals surface area contributed by atoms with Gasteiger partial charge in [-0.25, -0.2) is 0 Å². The van der Waals surface area contributed by atoms with Crippen LogP contribution in [0.3, 0.4) is 0 Å². The first-order valence-corrected chi connectivity index (χ1v) is 7.95. The molecule has 3 rings (SSSR count). The third kappa shape index (κ3) is 2.55. The molecule has 2 unspecified atom stereocenters. The molecule has 3 aliphatic rings. The Kier molecular flexibility index (Phi) is 3.71. The molecule has 20 heavy (non-hydrogen) atoms. The molecule has 1 aliphatic carbocycles. The Morgan fingerprint density at radius 3 is 2.80 bits per heavy atom. The summed E-state index contributed by atoms with van der Waals surface area (Å²) in [5, 5.41) is 2.90. The molecule has 5 heteroatoms. The Morgan fingerprint density at radius 1 is 1.30 bits per heavy atom. The summed E-state index contributed by atoms with van der Waals surface area (Å²) >= 11 is 0. The van der Waals surface area contributed by atoms with E-state index in [1.54, 1.807) is 0 Å². The molecule has 0 aromatic rings. The maximum Gasteiger partial charge on any atom is 0.225 e. The molecule has 3 N–H and O–H groups in total. The minimum absolute atomic E-state index is 0.00720. The Labute approximate surface area is 120 Å². The standard InChI is InChI=1S/C15H25N3O2/c16-15(6-2-1-3-7-15)9-13(19)18-8-4-5-11-12(18)10-17-14(11)20/h11-12H,1-10,16H2,(H,17,20). The van der Waals surface area contributed by atoms with Crippen molar-refractivity contribution in [3.8, 4) is 0 Å². The lowest BCUT2D eigenvalue weighted by molar-refractivity contribution is -0.138. The van der Waals surface area contributed by atoms with Crippen molar-refractivity contribution >= 4 is 11.8 Å². The molecule has 5 nitrogen and oxygen atoms in total. The number of nitrogens with zero attached hydrogens (tertiary/aromatic N) is 1. The summed E-state index contributed by atoms with van der Waals surface area (Å²) in [6.07, 6.45) is 7.71. The SMILES string of the molecule is NC1(CC(=O)N2CCCC3C(=O)NCC32)CCCCC1. The Bertz CT molecular complexity index is 404. The van der Waals surface area contributed by atoms with E-state index in [0.717, 1.165) is 45.1 Å². The summed E-state index contributed by atoms with van der Waals surface area (Å²) in [5.41, 5.74) is 6.09. The van der Waals surface area contributed by atoms with E-state index in [1.807, 2.05) is 4.90 Å². The van der Waals surface area contributed by atoms with E-state index in [-0.39, 0.29) is 29.3 Å². The largest absolute Gasteiger partial charge is 0.354 e. The molecule has 2 heterocycles. The first-order valence-electron chi connectivity index (χ1n) is 7.95. The van der Waals surface area contributed by atoms with Gasteiger partial charge in [0.1, 0.15) is 0 Å². The normalized spacial score (nSPS) is 32.6. The van der Waals surface area contributed by atoms with Crippen LogP contribution < -0.4 is 11.1 Å². The quantitative estimate of drug-likeness (QED) is 0.784. The van der Waals surface area contributed by atoms with Gasteiger partial charge in [0.25, 0.3) is 0 Å². The van der Waals surface area contributed by atoms with Crippen LogP contribution in [0.15, 0.2) is 0 Å². The number of carbonyl (C=O) groups is 2. The Hall–Kier alpha value is -1.10. The lowest BCUT2D eigenvalue weighted by atomic mass is 9.79. The number of rotatable bonds is 2. The van der Waals surface area contributed by atoms with Gasteiger partial charge in [0.2, 0.25) is 11.8 Å². The molecular weight excluding hydrogens is 254 g/mol. The highest BCUT2D eigenvalue weighted by Crippen LogP contribution is 2.32. The number of hydrogen-bond donors (Lipinski definition) is 2. The third-order valence-corrected chi connectivity index (χ3v) is 5.27. The van der Waals surface area contributed by atoms with Crippen molar-refractivity contribution in [2.75, 3.05) is 13.1 Å². The summed E-state index contributed by atoms with van der Waals surface area (Å²) in [4.78, 5) is 26.3. The van der Waals surface area contributed by atoms with Gasteiger partial charge in [0.05, 0.1) is 12.0 Å². The number of likely N-dealkylation sites (tertiary alicyclic amines) is 1. The van der Waals surface area contributed by atoms with Gasteiger partial charge in [-0.15, -0.1) is 0 Å². The van der Waals surface area contributed by atoms with Crippen LogP contribution in [0.4, 0.5) is 0 Å². The van der Waals surface area contributed by atoms with Crippen molar-refractivity contribution < 1.29 is 9.59 Å². The van der Waals surface area contributed by atoms with Gasteiger partial charge >= 0.3 is 0 Å². The van der Waals surface area contributed by atoms with Crippen molar-refractivity contribution in [1.82, 2.24) is 10.2 Å². The number of nitrogens with two attached hydrogens (primary N) is 1. The van der Waals surface area contributed by atoms with Crippen LogP contribution in [0.1, 0.15) is 51.4 Å². The van der Waals surface area contributed by atoms with Crippen molar-refractivity contribution in [3.63, 3.8) is 0 Å². The summed E-state index contributed by atoms with van der Waals surface area (Å²) in [7, 11) is 0. The van der Waals surface area contributed by atoms with Crippen molar-refractivity contribution in [3.05, 3.63) is 0 Å². The fourth-order valence-corrected chi connectivity index (χ4v) is 4.10. The van der Waals surface area contributed by atoms with Crippen LogP contribution in [0, 0.1) is 5.92 Å². The minimum Gasteiger partial charge on any atom is -0.354 e. The van der Waals surface area contributed by atoms with Crippen LogP contribution in [0.5, 0.6) is 0 Å². The van der Waals surface area contributed by atoms with E-state index < -0.39 is 0 Å². The topological polar surface area (TPSA) is 75.4 Å². The molecule has 2 amide bonds. The Balaban J connectivity index is 1.65. The highest BCUT2D eigenvalue weighted by Gasteiger charge is 2.43. The van der Waals surface area contributed by atoms with Crippen LogP contribution in [-0.2, 0) is 9.59 Å². The van der Waals surface area contributed by atoms with Crippen molar-refractivity contribution in [2.24, 2.45) is 11.7 Å². The van der Waals surface area contributed by atoms with E-state index in [1.165, 1.54) is 6.42 Å². The van der Waals surface area contributed by atoms with Gasteiger partial charge in [-0.3, -0.25) is 9.59 Å². The summed E-state index contributed by atoms with van der Waals surface area (Å²) in [6.45, 7) is 1.40. The number of piperidine rings is 1. The van der Waals surface area contributed by atoms with E-state index >= 15 is 0 Å². The Morgan fingerprint density at radius 2 is 2.05 bits per heavy atom. The molecule has 2 saturated heterocycles. The summed E-state index contributed by atoms with van der Waals surface area (Å²) in [6, 6.07) is 0.0657. The van der Waals surface area contributed by atoms with Crippen molar-refractivity contribution in [1.29, 1.82) is 0 Å². The number of nitrogens with one attached hydrogen (secondary N) is 1. The van der Waals surface area contributed by atoms with Crippen molar-refractivity contribution in [2.45, 2.75) is 62.9 Å². The molecular formula is C15H25N3O2. The maximum atomic E-state index is 12.6. The van der Waals surface area contributed by atoms with Gasteiger partial charge in [-0.2, -0.15) is 0 Å². The summed E-state index contributed by atoms with van der Waals surface area (Å²) < 4.78 is 0. The zero-order chi connectivity index (χ0) is 14.2. The number of hydrogen-bond acceptors (Lipinski definition) is 3. The highest BCUT2D eigenvalue weighted by atomic mass is 16.2. The monoisotopic (exact) mass is 279 g/mol. The molecule has 1 saturated carbocycles. The number of fused-ring (bicyclic) bond motifs is 1. The van der Waals surface area contributed by atoms with Crippen LogP contribution in [-0.4, -0.2) is 41.4 Å². The molecule has 0 bridgehead atoms. The zero-order valence-corrected chi connectivity index (χ0v) is 12.1. The highest BCUT2D eigenvalue weighted by molar-refractivity contribution is 5.85. The molecule has 2 atom stereocenters. The predicted octanol–water partition coefficient (Wildman–Crippen LogP) is 0.775. The molecule has 112 valence electrons. The van der Waals surface area contributed by atoms with Gasteiger partial charge < -0.3 is 16.0 Å². The number of carbonyl (C=O) groups excluding carboxylic acids is 2. The lowest BCUT2D eigenvalue weighted by Crippen LogP contribution is -2.53. The number of amides is 2. The molecule has 0 aromatic carbocycles. The molecule has 0 aromatic heterocycles. The van der Waals surface area contributed by atoms with E-state index in [4.69, 9.17) is 5.73 Å². The first-order chi connectivity index (χ1) is 9.59. The zero-order valence-electron chi connectivity index (χ0n) is 12.1. The second-order valence-electron chi connectivity index (χ2n) is 6.75. The van der Waals surface area contributed by atoms with Gasteiger partial charge in [0.15, 0.2) is 0 Å². The molecule has 0 spiro atoms. The average Bonchev–Trinajstić information content (AvgIpc) is 2.81. The second kappa shape index (κ2) is 5.35. The third-order valence-electron chi connectivity index (χ3n) is 5.27. The average molecular weight is 279 g/mol. The van der Waals surface area contributed by atoms with E-state index in [0.29, 0.717) is 13.0 Å². The molecule has 3 fully saturated rings. The van der Waals surface area contributed by atoms with Gasteiger partial charge in [-0.05, 0) is 25.7 Å². The smallest absolute Gasteiger partial charge is 0.225 e. The maximum absolute atomic E-state index is 12.6. The molecule has 2 aliphatic heterocycles. The lowest BCUT2D eigenvalue weighted by Gasteiger charge is -2.39. The predicted molar refractivity (Wildman–Crippen MR) is 75.9 cm³/mol. The van der Waals surface area contributed by atoms with E-state index in [9.17, 15) is 9.59 Å². The second-order valence-corrected chi connectivity index (χ2v) is 6.75.